The first kappa shape index (κ1) is 22.3. The van der Waals surface area contributed by atoms with Crippen LogP contribution < -0.4 is 10.5 Å². The van der Waals surface area contributed by atoms with E-state index in [0.717, 1.165) is 11.1 Å². The molecule has 0 radical (unpaired) electrons. The lowest BCUT2D eigenvalue weighted by Gasteiger charge is -2.24. The van der Waals surface area contributed by atoms with E-state index in [9.17, 15) is 4.79 Å². The zero-order valence-electron chi connectivity index (χ0n) is 18.6. The van der Waals surface area contributed by atoms with Crippen LogP contribution in [0.5, 0.6) is 5.75 Å². The van der Waals surface area contributed by atoms with Crippen LogP contribution in [0, 0.1) is 6.92 Å². The lowest BCUT2D eigenvalue weighted by atomic mass is 10.0. The lowest BCUT2D eigenvalue weighted by Crippen LogP contribution is -2.33. The van der Waals surface area contributed by atoms with E-state index >= 15 is 0 Å². The third-order valence-corrected chi connectivity index (χ3v) is 5.32. The molecule has 1 atom stereocenters. The van der Waals surface area contributed by atoms with Crippen molar-refractivity contribution in [3.8, 4) is 16.9 Å². The van der Waals surface area contributed by atoms with Gasteiger partial charge in [-0.2, -0.15) is 0 Å². The minimum Gasteiger partial charge on any atom is -0.484 e. The van der Waals surface area contributed by atoms with Crippen molar-refractivity contribution >= 4 is 11.9 Å². The molecule has 0 aliphatic carbocycles. The summed E-state index contributed by atoms with van der Waals surface area (Å²) in [6.45, 7) is 8.92. The number of hydrogen-bond acceptors (Lipinski definition) is 5. The van der Waals surface area contributed by atoms with Gasteiger partial charge in [0.25, 0.3) is 5.91 Å². The maximum absolute atomic E-state index is 13.2. The Labute approximate surface area is 184 Å². The van der Waals surface area contributed by atoms with Crippen molar-refractivity contribution in [2.45, 2.75) is 40.2 Å². The maximum atomic E-state index is 13.2. The smallest absolute Gasteiger partial charge is 0.257 e. The van der Waals surface area contributed by atoms with Gasteiger partial charge >= 0.3 is 0 Å². The molecule has 6 heteroatoms. The van der Waals surface area contributed by atoms with Crippen LogP contribution >= 0.6 is 0 Å². The highest BCUT2D eigenvalue weighted by molar-refractivity contribution is 5.96. The molecular formula is C25H30N4O2. The van der Waals surface area contributed by atoms with Crippen molar-refractivity contribution in [1.29, 1.82) is 0 Å². The molecule has 1 heterocycles. The van der Waals surface area contributed by atoms with Crippen molar-refractivity contribution in [1.82, 2.24) is 14.9 Å². The molecule has 1 unspecified atom stereocenters. The van der Waals surface area contributed by atoms with Crippen molar-refractivity contribution in [3.05, 3.63) is 71.5 Å². The van der Waals surface area contributed by atoms with Crippen LogP contribution in [0.15, 0.2) is 54.6 Å². The van der Waals surface area contributed by atoms with Gasteiger partial charge in [-0.3, -0.25) is 4.79 Å². The van der Waals surface area contributed by atoms with Crippen molar-refractivity contribution in [3.63, 3.8) is 0 Å². The second-order valence-corrected chi connectivity index (χ2v) is 7.31. The third-order valence-electron chi connectivity index (χ3n) is 5.32. The monoisotopic (exact) mass is 418 g/mol. The topological polar surface area (TPSA) is 81.3 Å². The van der Waals surface area contributed by atoms with Gasteiger partial charge in [-0.15, -0.1) is 0 Å². The van der Waals surface area contributed by atoms with Crippen LogP contribution in [0.4, 0.5) is 5.95 Å². The van der Waals surface area contributed by atoms with Crippen LogP contribution in [0.25, 0.3) is 11.1 Å². The molecule has 1 amide bonds. The van der Waals surface area contributed by atoms with Gasteiger partial charge in [-0.05, 0) is 50.5 Å². The molecule has 2 N–H and O–H groups in total. The molecule has 0 saturated carbocycles. The number of aromatic nitrogens is 2. The van der Waals surface area contributed by atoms with Crippen LogP contribution in [-0.4, -0.2) is 33.9 Å². The fourth-order valence-corrected chi connectivity index (χ4v) is 3.64. The van der Waals surface area contributed by atoms with E-state index in [4.69, 9.17) is 10.5 Å². The van der Waals surface area contributed by atoms with Crippen LogP contribution in [0.2, 0.25) is 0 Å². The molecule has 3 aromatic rings. The Morgan fingerprint density at radius 1 is 0.968 bits per heavy atom. The van der Waals surface area contributed by atoms with Gasteiger partial charge in [0.1, 0.15) is 11.9 Å². The summed E-state index contributed by atoms with van der Waals surface area (Å²) in [6.07, 6.45) is 0.218. The zero-order valence-corrected chi connectivity index (χ0v) is 18.6. The molecule has 6 nitrogen and oxygen atoms in total. The van der Waals surface area contributed by atoms with Crippen LogP contribution in [0.1, 0.15) is 55.0 Å². The van der Waals surface area contributed by atoms with Gasteiger partial charge in [0.15, 0.2) is 0 Å². The quantitative estimate of drug-likeness (QED) is 0.554. The molecule has 0 fully saturated rings. The number of nitrogen functional groups attached to an aromatic ring is 1. The Hall–Kier alpha value is -3.41. The number of amides is 1. The second kappa shape index (κ2) is 10.1. The van der Waals surface area contributed by atoms with E-state index in [1.54, 1.807) is 11.8 Å². The fourth-order valence-electron chi connectivity index (χ4n) is 3.64. The summed E-state index contributed by atoms with van der Waals surface area (Å²) in [6, 6.07) is 18.1. The molecule has 3 rings (SSSR count). The first-order chi connectivity index (χ1) is 15.0. The Kier molecular flexibility index (Phi) is 7.23. The zero-order chi connectivity index (χ0) is 22.4. The second-order valence-electron chi connectivity index (χ2n) is 7.31. The van der Waals surface area contributed by atoms with Gasteiger partial charge in [0, 0.05) is 13.1 Å². The molecule has 2 aromatic carbocycles. The molecule has 0 bridgehead atoms. The largest absolute Gasteiger partial charge is 0.484 e. The Morgan fingerprint density at radius 3 is 2.16 bits per heavy atom. The van der Waals surface area contributed by atoms with E-state index in [1.807, 2.05) is 63.2 Å². The highest BCUT2D eigenvalue weighted by Crippen LogP contribution is 2.30. The number of benzene rings is 2. The molecule has 1 aromatic heterocycles. The standard InChI is InChI=1S/C25H30N4O2/c1-5-21(31-20-15-13-19(14-16-20)18-11-9-8-10-12-18)23-22(17(4)27-25(26)28-23)24(30)29(6-2)7-3/h8-16,21H,5-7H2,1-4H3,(H2,26,27,28). The number of rotatable bonds is 8. The predicted octanol–water partition coefficient (Wildman–Crippen LogP) is 5.05. The summed E-state index contributed by atoms with van der Waals surface area (Å²) in [7, 11) is 0. The molecule has 0 aliphatic rings. The highest BCUT2D eigenvalue weighted by Gasteiger charge is 2.27. The first-order valence-corrected chi connectivity index (χ1v) is 10.7. The number of aryl methyl sites for hydroxylation is 1. The number of ether oxygens (including phenoxy) is 1. The minimum absolute atomic E-state index is 0.0982. The molecule has 31 heavy (non-hydrogen) atoms. The number of anilines is 1. The molecule has 162 valence electrons. The van der Waals surface area contributed by atoms with Crippen molar-refractivity contribution in [2.24, 2.45) is 0 Å². The van der Waals surface area contributed by atoms with Gasteiger partial charge < -0.3 is 15.4 Å². The molecule has 0 spiro atoms. The minimum atomic E-state index is -0.416. The molecule has 0 saturated heterocycles. The Morgan fingerprint density at radius 2 is 1.58 bits per heavy atom. The number of nitrogens with two attached hydrogens (primary N) is 1. The van der Waals surface area contributed by atoms with Gasteiger partial charge in [0.2, 0.25) is 5.95 Å². The number of carbonyl (C=O) groups is 1. The van der Waals surface area contributed by atoms with Gasteiger partial charge in [0.05, 0.1) is 17.0 Å². The molecular weight excluding hydrogens is 388 g/mol. The summed E-state index contributed by atoms with van der Waals surface area (Å²) in [4.78, 5) is 23.6. The average molecular weight is 419 g/mol. The van der Waals surface area contributed by atoms with E-state index in [2.05, 4.69) is 22.1 Å². The number of carbonyl (C=O) groups excluding carboxylic acids is 1. The summed E-state index contributed by atoms with van der Waals surface area (Å²) in [5.74, 6) is 0.756. The van der Waals surface area contributed by atoms with Gasteiger partial charge in [-0.25, -0.2) is 9.97 Å². The summed E-state index contributed by atoms with van der Waals surface area (Å²) < 4.78 is 6.27. The fraction of sp³-hybridized carbons (Fsp3) is 0.320. The van der Waals surface area contributed by atoms with Crippen LogP contribution in [0.3, 0.4) is 0 Å². The maximum Gasteiger partial charge on any atom is 0.257 e. The van der Waals surface area contributed by atoms with E-state index in [-0.39, 0.29) is 11.9 Å². The highest BCUT2D eigenvalue weighted by atomic mass is 16.5. The number of nitrogens with zero attached hydrogens (tertiary/aromatic N) is 3. The van der Waals surface area contributed by atoms with Gasteiger partial charge in [-0.1, -0.05) is 49.4 Å². The SMILES string of the molecule is CCC(Oc1ccc(-c2ccccc2)cc1)c1nc(N)nc(C)c1C(=O)N(CC)CC. The normalized spacial score (nSPS) is 11.7. The van der Waals surface area contributed by atoms with Crippen LogP contribution in [-0.2, 0) is 0 Å². The Bertz CT molecular complexity index is 1020. The third kappa shape index (κ3) is 5.02. The summed E-state index contributed by atoms with van der Waals surface area (Å²) in [5, 5.41) is 0. The molecule has 0 aliphatic heterocycles. The average Bonchev–Trinajstić information content (AvgIpc) is 2.78. The lowest BCUT2D eigenvalue weighted by molar-refractivity contribution is 0.0764. The summed E-state index contributed by atoms with van der Waals surface area (Å²) in [5.41, 5.74) is 9.78. The van der Waals surface area contributed by atoms with E-state index < -0.39 is 6.10 Å². The predicted molar refractivity (Wildman–Crippen MR) is 124 cm³/mol. The number of hydrogen-bond donors (Lipinski definition) is 1. The Balaban J connectivity index is 1.93. The first-order valence-electron chi connectivity index (χ1n) is 10.7. The summed E-state index contributed by atoms with van der Waals surface area (Å²) >= 11 is 0. The van der Waals surface area contributed by atoms with Crippen molar-refractivity contribution in [2.75, 3.05) is 18.8 Å². The van der Waals surface area contributed by atoms with E-state index in [1.165, 1.54) is 0 Å². The van der Waals surface area contributed by atoms with E-state index in [0.29, 0.717) is 42.2 Å². The van der Waals surface area contributed by atoms with Crippen molar-refractivity contribution < 1.29 is 9.53 Å².